The largest absolute Gasteiger partial charge is 0.338 e. The number of aliphatic imine (C=N–C) groups is 1. The minimum atomic E-state index is -0.430. The fourth-order valence-corrected chi connectivity index (χ4v) is 6.69. The first-order valence-electron chi connectivity index (χ1n) is 9.49. The average molecular weight is 500 g/mol. The van der Waals surface area contributed by atoms with Gasteiger partial charge < -0.3 is 10.2 Å². The predicted octanol–water partition coefficient (Wildman–Crippen LogP) is 4.17. The van der Waals surface area contributed by atoms with Crippen LogP contribution < -0.4 is 10.2 Å². The lowest BCUT2D eigenvalue weighted by atomic mass is 9.87. The Hall–Kier alpha value is -2.23. The second kappa shape index (κ2) is 8.13. The fraction of sp³-hybridized carbons (Fsp3) is 0.238. The van der Waals surface area contributed by atoms with E-state index >= 15 is 0 Å². The van der Waals surface area contributed by atoms with Crippen LogP contribution in [0.2, 0.25) is 0 Å². The van der Waals surface area contributed by atoms with Gasteiger partial charge in [-0.05, 0) is 40.2 Å². The van der Waals surface area contributed by atoms with E-state index in [1.807, 2.05) is 36.4 Å². The summed E-state index contributed by atoms with van der Waals surface area (Å²) in [7, 11) is 0. The Kier molecular flexibility index (Phi) is 5.34. The molecule has 1 fully saturated rings. The van der Waals surface area contributed by atoms with E-state index in [0.717, 1.165) is 22.7 Å². The third-order valence-corrected chi connectivity index (χ3v) is 8.25. The number of benzene rings is 1. The predicted molar refractivity (Wildman–Crippen MR) is 125 cm³/mol. The van der Waals surface area contributed by atoms with Crippen molar-refractivity contribution in [2.75, 3.05) is 23.7 Å². The number of carbonyl (C=O) groups is 1. The standard InChI is InChI=1S/C21H18BrN5OS2/c22-16-9-17(29-12-16)21-13-27(19-23-7-4-8-24-19)10-15(21)11-30-20(26-21)25-18(28)14-5-2-1-3-6-14/h1-9,12,15H,10-11,13H2,(H,25,26,28). The van der Waals surface area contributed by atoms with Crippen molar-refractivity contribution in [2.24, 2.45) is 10.9 Å². The van der Waals surface area contributed by atoms with Crippen LogP contribution in [0.5, 0.6) is 0 Å². The maximum Gasteiger partial charge on any atom is 0.257 e. The number of nitrogens with one attached hydrogen (secondary N) is 1. The van der Waals surface area contributed by atoms with Gasteiger partial charge in [0.05, 0.1) is 6.54 Å². The van der Waals surface area contributed by atoms with Gasteiger partial charge in [-0.15, -0.1) is 11.3 Å². The second-order valence-corrected chi connectivity index (χ2v) is 10.1. The molecule has 0 aliphatic carbocycles. The summed E-state index contributed by atoms with van der Waals surface area (Å²) in [6, 6.07) is 13.2. The number of anilines is 1. The minimum Gasteiger partial charge on any atom is -0.338 e. The zero-order valence-corrected chi connectivity index (χ0v) is 19.1. The normalized spacial score (nSPS) is 23.0. The zero-order valence-electron chi connectivity index (χ0n) is 15.9. The number of thioether (sulfide) groups is 1. The van der Waals surface area contributed by atoms with Gasteiger partial charge >= 0.3 is 0 Å². The summed E-state index contributed by atoms with van der Waals surface area (Å²) < 4.78 is 1.05. The number of carbonyl (C=O) groups excluding carboxylic acids is 1. The molecule has 0 saturated carbocycles. The Morgan fingerprint density at radius 2 is 2.00 bits per heavy atom. The van der Waals surface area contributed by atoms with Gasteiger partial charge in [-0.2, -0.15) is 0 Å². The molecule has 0 bridgehead atoms. The molecule has 5 rings (SSSR count). The SMILES string of the molecule is O=C(NC1=NC2(c3cc(Br)cs3)CN(c3ncccn3)CC2CS1)c1ccccc1. The molecule has 4 heterocycles. The number of nitrogens with zero attached hydrogens (tertiary/aromatic N) is 4. The van der Waals surface area contributed by atoms with Crippen molar-refractivity contribution in [3.63, 3.8) is 0 Å². The van der Waals surface area contributed by atoms with Crippen molar-refractivity contribution in [1.82, 2.24) is 15.3 Å². The molecule has 30 heavy (non-hydrogen) atoms. The minimum absolute atomic E-state index is 0.135. The summed E-state index contributed by atoms with van der Waals surface area (Å²) in [6.07, 6.45) is 3.53. The maximum atomic E-state index is 12.7. The van der Waals surface area contributed by atoms with Crippen LogP contribution in [0.25, 0.3) is 0 Å². The van der Waals surface area contributed by atoms with Crippen molar-refractivity contribution >= 4 is 56.1 Å². The van der Waals surface area contributed by atoms with Gasteiger partial charge in [0.25, 0.3) is 5.91 Å². The zero-order chi connectivity index (χ0) is 20.6. The van der Waals surface area contributed by atoms with E-state index in [1.54, 1.807) is 35.5 Å². The van der Waals surface area contributed by atoms with E-state index in [4.69, 9.17) is 4.99 Å². The first-order chi connectivity index (χ1) is 14.6. The highest BCUT2D eigenvalue weighted by atomic mass is 79.9. The van der Waals surface area contributed by atoms with Crippen LogP contribution in [0.1, 0.15) is 15.2 Å². The topological polar surface area (TPSA) is 70.5 Å². The molecule has 1 N–H and O–H groups in total. The molecule has 1 aromatic carbocycles. The molecule has 2 aliphatic rings. The molecule has 2 aliphatic heterocycles. The summed E-state index contributed by atoms with van der Waals surface area (Å²) in [5.41, 5.74) is 0.196. The van der Waals surface area contributed by atoms with Gasteiger partial charge in [0, 0.05) is 50.9 Å². The third kappa shape index (κ3) is 3.66. The quantitative estimate of drug-likeness (QED) is 0.585. The van der Waals surface area contributed by atoms with Crippen LogP contribution in [0, 0.1) is 5.92 Å². The smallest absolute Gasteiger partial charge is 0.257 e. The molecule has 152 valence electrons. The van der Waals surface area contributed by atoms with E-state index in [9.17, 15) is 4.79 Å². The number of fused-ring (bicyclic) bond motifs is 1. The summed E-state index contributed by atoms with van der Waals surface area (Å²) in [4.78, 5) is 30.1. The molecule has 9 heteroatoms. The fourth-order valence-electron chi connectivity index (χ4n) is 3.92. The van der Waals surface area contributed by atoms with E-state index in [2.05, 4.69) is 47.6 Å². The first-order valence-corrected chi connectivity index (χ1v) is 12.2. The van der Waals surface area contributed by atoms with Gasteiger partial charge in [-0.25, -0.2) is 15.0 Å². The van der Waals surface area contributed by atoms with Crippen LogP contribution in [0.4, 0.5) is 5.95 Å². The summed E-state index contributed by atoms with van der Waals surface area (Å²) >= 11 is 6.88. The number of amidine groups is 1. The van der Waals surface area contributed by atoms with Gasteiger partial charge in [-0.1, -0.05) is 30.0 Å². The van der Waals surface area contributed by atoms with Crippen molar-refractivity contribution in [2.45, 2.75) is 5.54 Å². The van der Waals surface area contributed by atoms with E-state index < -0.39 is 5.54 Å². The lowest BCUT2D eigenvalue weighted by Gasteiger charge is -2.34. The van der Waals surface area contributed by atoms with E-state index in [1.165, 1.54) is 4.88 Å². The Bertz CT molecular complexity index is 1090. The first kappa shape index (κ1) is 19.7. The summed E-state index contributed by atoms with van der Waals surface area (Å²) in [5.74, 6) is 1.75. The van der Waals surface area contributed by atoms with Crippen molar-refractivity contribution in [1.29, 1.82) is 0 Å². The van der Waals surface area contributed by atoms with Gasteiger partial charge in [0.15, 0.2) is 5.17 Å². The maximum absolute atomic E-state index is 12.7. The van der Waals surface area contributed by atoms with Crippen molar-refractivity contribution in [3.8, 4) is 0 Å². The number of halogens is 1. The Morgan fingerprint density at radius 1 is 1.20 bits per heavy atom. The lowest BCUT2D eigenvalue weighted by molar-refractivity contribution is 0.0977. The second-order valence-electron chi connectivity index (χ2n) is 7.23. The highest BCUT2D eigenvalue weighted by molar-refractivity contribution is 9.10. The molecule has 0 spiro atoms. The number of aromatic nitrogens is 2. The van der Waals surface area contributed by atoms with E-state index in [0.29, 0.717) is 23.2 Å². The van der Waals surface area contributed by atoms with Crippen LogP contribution >= 0.6 is 39.0 Å². The Morgan fingerprint density at radius 3 is 2.73 bits per heavy atom. The van der Waals surface area contributed by atoms with Gasteiger partial charge in [-0.3, -0.25) is 4.79 Å². The van der Waals surface area contributed by atoms with E-state index in [-0.39, 0.29) is 5.91 Å². The number of hydrogen-bond donors (Lipinski definition) is 1. The highest BCUT2D eigenvalue weighted by Gasteiger charge is 2.52. The van der Waals surface area contributed by atoms with Crippen molar-refractivity contribution in [3.05, 3.63) is 75.2 Å². The average Bonchev–Trinajstić information content (AvgIpc) is 3.39. The summed E-state index contributed by atoms with van der Waals surface area (Å²) in [5, 5.41) is 5.77. The van der Waals surface area contributed by atoms with Gasteiger partial charge in [0.1, 0.15) is 5.54 Å². The molecule has 2 unspecified atom stereocenters. The Balaban J connectivity index is 1.49. The number of amides is 1. The van der Waals surface area contributed by atoms with Crippen LogP contribution in [-0.4, -0.2) is 39.9 Å². The number of hydrogen-bond acceptors (Lipinski definition) is 7. The molecule has 3 aromatic rings. The number of rotatable bonds is 3. The molecular formula is C21H18BrN5OS2. The van der Waals surface area contributed by atoms with Crippen molar-refractivity contribution < 1.29 is 4.79 Å². The monoisotopic (exact) mass is 499 g/mol. The van der Waals surface area contributed by atoms with Gasteiger partial charge in [0.2, 0.25) is 5.95 Å². The molecule has 6 nitrogen and oxygen atoms in total. The summed E-state index contributed by atoms with van der Waals surface area (Å²) in [6.45, 7) is 1.51. The molecule has 1 amide bonds. The van der Waals surface area contributed by atoms with Crippen LogP contribution in [0.3, 0.4) is 0 Å². The van der Waals surface area contributed by atoms with Crippen LogP contribution in [-0.2, 0) is 5.54 Å². The number of thiophene rings is 1. The van der Waals surface area contributed by atoms with Crippen LogP contribution in [0.15, 0.2) is 69.7 Å². The molecule has 2 atom stereocenters. The molecule has 1 saturated heterocycles. The lowest BCUT2D eigenvalue weighted by Crippen LogP contribution is -2.42. The molecular weight excluding hydrogens is 482 g/mol. The molecule has 2 aromatic heterocycles. The molecule has 0 radical (unpaired) electrons. The highest BCUT2D eigenvalue weighted by Crippen LogP contribution is 2.48. The Labute approximate surface area is 191 Å². The third-order valence-electron chi connectivity index (χ3n) is 5.36.